The second-order valence-corrected chi connectivity index (χ2v) is 8.48. The molecule has 2 heterocycles. The number of aryl methyl sites for hydroxylation is 1. The van der Waals surface area contributed by atoms with Crippen LogP contribution in [0.4, 0.5) is 0 Å². The molecule has 0 radical (unpaired) electrons. The Kier molecular flexibility index (Phi) is 5.47. The fourth-order valence-corrected chi connectivity index (χ4v) is 4.26. The highest BCUT2D eigenvalue weighted by atomic mass is 32.1. The number of hydrogen-bond donors (Lipinski definition) is 1. The summed E-state index contributed by atoms with van der Waals surface area (Å²) in [6.45, 7) is 15.8. The normalized spacial score (nSPS) is 21.4. The van der Waals surface area contributed by atoms with Crippen LogP contribution in [0, 0.1) is 6.92 Å². The molecule has 1 aromatic rings. The third-order valence-corrected chi connectivity index (χ3v) is 5.66. The van der Waals surface area contributed by atoms with Crippen molar-refractivity contribution in [1.29, 1.82) is 0 Å². The van der Waals surface area contributed by atoms with Gasteiger partial charge < -0.3 is 5.73 Å². The molecule has 120 valence electrons. The lowest BCUT2D eigenvalue weighted by atomic mass is 10.00. The van der Waals surface area contributed by atoms with E-state index in [1.54, 1.807) is 0 Å². The largest absolute Gasteiger partial charge is 0.326 e. The van der Waals surface area contributed by atoms with Gasteiger partial charge in [-0.3, -0.25) is 9.80 Å². The van der Waals surface area contributed by atoms with E-state index in [0.29, 0.717) is 6.04 Å². The quantitative estimate of drug-likeness (QED) is 0.926. The lowest BCUT2D eigenvalue weighted by molar-refractivity contribution is 0.0360. The average molecular weight is 310 g/mol. The van der Waals surface area contributed by atoms with Gasteiger partial charge in [-0.25, -0.2) is 0 Å². The van der Waals surface area contributed by atoms with E-state index in [2.05, 4.69) is 56.6 Å². The molecule has 3 nitrogen and oxygen atoms in total. The number of piperazine rings is 1. The second kappa shape index (κ2) is 6.78. The fourth-order valence-electron chi connectivity index (χ4n) is 3.17. The molecular formula is C17H31N3S. The summed E-state index contributed by atoms with van der Waals surface area (Å²) < 4.78 is 0. The molecule has 2 N–H and O–H groups in total. The monoisotopic (exact) mass is 309 g/mol. The van der Waals surface area contributed by atoms with E-state index in [4.69, 9.17) is 5.73 Å². The first kappa shape index (κ1) is 16.9. The molecule has 4 heteroatoms. The SMILES string of the molecule is CCC(N)C(c1ccc(C)s1)N1CCN(C(C)(C)C)CC1. The highest BCUT2D eigenvalue weighted by Crippen LogP contribution is 2.32. The minimum Gasteiger partial charge on any atom is -0.326 e. The van der Waals surface area contributed by atoms with Crippen molar-refractivity contribution in [3.63, 3.8) is 0 Å². The lowest BCUT2D eigenvalue weighted by Crippen LogP contribution is -2.55. The van der Waals surface area contributed by atoms with Crippen molar-refractivity contribution in [2.75, 3.05) is 26.2 Å². The predicted octanol–water partition coefficient (Wildman–Crippen LogP) is 3.25. The van der Waals surface area contributed by atoms with Gasteiger partial charge in [0.05, 0.1) is 6.04 Å². The minimum absolute atomic E-state index is 0.226. The smallest absolute Gasteiger partial charge is 0.0594 e. The van der Waals surface area contributed by atoms with Gasteiger partial charge in [-0.15, -0.1) is 11.3 Å². The van der Waals surface area contributed by atoms with E-state index >= 15 is 0 Å². The predicted molar refractivity (Wildman–Crippen MR) is 93.0 cm³/mol. The highest BCUT2D eigenvalue weighted by molar-refractivity contribution is 7.12. The van der Waals surface area contributed by atoms with Gasteiger partial charge in [-0.1, -0.05) is 6.92 Å². The molecule has 0 bridgehead atoms. The Morgan fingerprint density at radius 1 is 1.19 bits per heavy atom. The van der Waals surface area contributed by atoms with Crippen LogP contribution in [0.25, 0.3) is 0 Å². The number of nitrogens with two attached hydrogens (primary N) is 1. The Hall–Kier alpha value is -0.420. The summed E-state index contributed by atoms with van der Waals surface area (Å²) in [5.41, 5.74) is 6.73. The Morgan fingerprint density at radius 2 is 1.81 bits per heavy atom. The Labute approximate surface area is 134 Å². The van der Waals surface area contributed by atoms with Crippen LogP contribution in [-0.2, 0) is 0 Å². The molecule has 21 heavy (non-hydrogen) atoms. The first-order valence-electron chi connectivity index (χ1n) is 8.14. The standard InChI is InChI=1S/C17H31N3S/c1-6-14(18)16(15-8-7-13(2)21-15)19-9-11-20(12-10-19)17(3,4)5/h7-8,14,16H,6,9-12,18H2,1-5H3. The molecule has 0 spiro atoms. The zero-order valence-corrected chi connectivity index (χ0v) is 15.0. The lowest BCUT2D eigenvalue weighted by Gasteiger charge is -2.45. The summed E-state index contributed by atoms with van der Waals surface area (Å²) in [4.78, 5) is 8.00. The molecule has 1 fully saturated rings. The van der Waals surface area contributed by atoms with E-state index in [9.17, 15) is 0 Å². The van der Waals surface area contributed by atoms with Gasteiger partial charge in [0.15, 0.2) is 0 Å². The number of thiophene rings is 1. The molecule has 1 saturated heterocycles. The van der Waals surface area contributed by atoms with Gasteiger partial charge in [0.25, 0.3) is 0 Å². The highest BCUT2D eigenvalue weighted by Gasteiger charge is 2.32. The summed E-state index contributed by atoms with van der Waals surface area (Å²) in [7, 11) is 0. The first-order valence-corrected chi connectivity index (χ1v) is 8.95. The maximum absolute atomic E-state index is 6.46. The zero-order valence-electron chi connectivity index (χ0n) is 14.2. The van der Waals surface area contributed by atoms with Crippen LogP contribution in [0.1, 0.15) is 49.9 Å². The third-order valence-electron chi connectivity index (χ3n) is 4.59. The van der Waals surface area contributed by atoms with Gasteiger partial charge in [0.1, 0.15) is 0 Å². The molecule has 0 saturated carbocycles. The number of nitrogens with zero attached hydrogens (tertiary/aromatic N) is 2. The Bertz CT molecular complexity index is 441. The van der Waals surface area contributed by atoms with Crippen LogP contribution in [0.15, 0.2) is 12.1 Å². The van der Waals surface area contributed by atoms with E-state index < -0.39 is 0 Å². The topological polar surface area (TPSA) is 32.5 Å². The fraction of sp³-hybridized carbons (Fsp3) is 0.765. The Morgan fingerprint density at radius 3 is 2.24 bits per heavy atom. The summed E-state index contributed by atoms with van der Waals surface area (Å²) in [6.07, 6.45) is 1.03. The van der Waals surface area contributed by atoms with E-state index in [1.165, 1.54) is 9.75 Å². The molecule has 2 unspecified atom stereocenters. The van der Waals surface area contributed by atoms with Crippen LogP contribution in [-0.4, -0.2) is 47.6 Å². The van der Waals surface area contributed by atoms with Gasteiger partial charge in [-0.2, -0.15) is 0 Å². The first-order chi connectivity index (χ1) is 9.82. The average Bonchev–Trinajstić information content (AvgIpc) is 2.84. The van der Waals surface area contributed by atoms with Gasteiger partial charge in [0.2, 0.25) is 0 Å². The van der Waals surface area contributed by atoms with E-state index in [0.717, 1.165) is 32.6 Å². The Balaban J connectivity index is 2.09. The van der Waals surface area contributed by atoms with Crippen molar-refractivity contribution >= 4 is 11.3 Å². The molecule has 0 aromatic carbocycles. The van der Waals surface area contributed by atoms with Crippen molar-refractivity contribution in [2.45, 2.75) is 58.7 Å². The van der Waals surface area contributed by atoms with E-state index in [-0.39, 0.29) is 11.6 Å². The molecule has 0 aliphatic carbocycles. The maximum Gasteiger partial charge on any atom is 0.0594 e. The third kappa shape index (κ3) is 4.07. The van der Waals surface area contributed by atoms with Crippen molar-refractivity contribution in [3.8, 4) is 0 Å². The van der Waals surface area contributed by atoms with Gasteiger partial charge in [0, 0.05) is 47.5 Å². The molecular weight excluding hydrogens is 278 g/mol. The molecule has 2 atom stereocenters. The molecule has 2 rings (SSSR count). The summed E-state index contributed by atoms with van der Waals surface area (Å²) in [5.74, 6) is 0. The minimum atomic E-state index is 0.226. The van der Waals surface area contributed by atoms with Crippen molar-refractivity contribution in [3.05, 3.63) is 21.9 Å². The van der Waals surface area contributed by atoms with Crippen molar-refractivity contribution < 1.29 is 0 Å². The molecule has 0 amide bonds. The van der Waals surface area contributed by atoms with E-state index in [1.807, 2.05) is 11.3 Å². The molecule has 1 aliphatic rings. The van der Waals surface area contributed by atoms with Gasteiger partial charge in [-0.05, 0) is 46.2 Å². The second-order valence-electron chi connectivity index (χ2n) is 7.16. The molecule has 1 aliphatic heterocycles. The van der Waals surface area contributed by atoms with Crippen molar-refractivity contribution in [2.24, 2.45) is 5.73 Å². The van der Waals surface area contributed by atoms with Crippen LogP contribution in [0.3, 0.4) is 0 Å². The zero-order chi connectivity index (χ0) is 15.6. The van der Waals surface area contributed by atoms with Crippen LogP contribution in [0.2, 0.25) is 0 Å². The number of hydrogen-bond acceptors (Lipinski definition) is 4. The summed E-state index contributed by atoms with van der Waals surface area (Å²) in [6, 6.07) is 5.11. The number of rotatable bonds is 4. The van der Waals surface area contributed by atoms with Crippen LogP contribution in [0.5, 0.6) is 0 Å². The summed E-state index contributed by atoms with van der Waals surface area (Å²) in [5, 5.41) is 0. The van der Waals surface area contributed by atoms with Crippen LogP contribution < -0.4 is 5.73 Å². The van der Waals surface area contributed by atoms with Crippen molar-refractivity contribution in [1.82, 2.24) is 9.80 Å². The van der Waals surface area contributed by atoms with Gasteiger partial charge >= 0.3 is 0 Å². The molecule has 1 aromatic heterocycles. The maximum atomic E-state index is 6.46. The summed E-state index contributed by atoms with van der Waals surface area (Å²) >= 11 is 1.90. The van der Waals surface area contributed by atoms with Crippen LogP contribution >= 0.6 is 11.3 Å².